The van der Waals surface area contributed by atoms with E-state index in [1.807, 2.05) is 13.0 Å². The first-order valence-corrected chi connectivity index (χ1v) is 6.45. The Labute approximate surface area is 103 Å². The number of nitrogens with zero attached hydrogens (tertiary/aromatic N) is 1. The average Bonchev–Trinajstić information content (AvgIpc) is 2.75. The van der Waals surface area contributed by atoms with E-state index >= 15 is 0 Å². The van der Waals surface area contributed by atoms with E-state index < -0.39 is 0 Å². The van der Waals surface area contributed by atoms with E-state index in [2.05, 4.69) is 17.1 Å². The molecule has 1 N–H and O–H groups in total. The van der Waals surface area contributed by atoms with Crippen molar-refractivity contribution in [3.8, 4) is 0 Å². The fourth-order valence-electron chi connectivity index (χ4n) is 2.47. The van der Waals surface area contributed by atoms with Crippen molar-refractivity contribution >= 4 is 5.69 Å². The molecule has 1 aromatic carbocycles. The van der Waals surface area contributed by atoms with Crippen LogP contribution in [0.25, 0.3) is 0 Å². The van der Waals surface area contributed by atoms with Gasteiger partial charge in [-0.1, -0.05) is 6.92 Å². The second-order valence-corrected chi connectivity index (χ2v) is 4.82. The first-order chi connectivity index (χ1) is 8.20. The topological polar surface area (TPSA) is 15.3 Å². The van der Waals surface area contributed by atoms with E-state index in [0.717, 1.165) is 25.2 Å². The summed E-state index contributed by atoms with van der Waals surface area (Å²) in [6.45, 7) is 7.34. The van der Waals surface area contributed by atoms with Crippen LogP contribution in [0.4, 0.5) is 10.1 Å². The summed E-state index contributed by atoms with van der Waals surface area (Å²) >= 11 is 0. The molecule has 1 saturated heterocycles. The SMILES string of the molecule is CCCNC1CCN(c2ccc(F)cc2C)C1. The molecule has 0 aliphatic carbocycles. The molecule has 0 radical (unpaired) electrons. The maximum atomic E-state index is 13.0. The highest BCUT2D eigenvalue weighted by atomic mass is 19.1. The Balaban J connectivity index is 2.00. The van der Waals surface area contributed by atoms with Crippen LogP contribution in [0.2, 0.25) is 0 Å². The molecule has 0 amide bonds. The number of hydrogen-bond acceptors (Lipinski definition) is 2. The number of benzene rings is 1. The monoisotopic (exact) mass is 236 g/mol. The van der Waals surface area contributed by atoms with Crippen LogP contribution in [0, 0.1) is 12.7 Å². The molecule has 2 rings (SSSR count). The average molecular weight is 236 g/mol. The minimum absolute atomic E-state index is 0.147. The van der Waals surface area contributed by atoms with Gasteiger partial charge in [0.15, 0.2) is 0 Å². The second kappa shape index (κ2) is 5.50. The Kier molecular flexibility index (Phi) is 4.00. The fraction of sp³-hybridized carbons (Fsp3) is 0.571. The molecule has 0 spiro atoms. The van der Waals surface area contributed by atoms with Crippen LogP contribution in [0.3, 0.4) is 0 Å². The summed E-state index contributed by atoms with van der Waals surface area (Å²) in [5.74, 6) is -0.147. The third-order valence-electron chi connectivity index (χ3n) is 3.37. The van der Waals surface area contributed by atoms with Crippen LogP contribution >= 0.6 is 0 Å². The Morgan fingerprint density at radius 3 is 3.00 bits per heavy atom. The van der Waals surface area contributed by atoms with Crippen LogP contribution < -0.4 is 10.2 Å². The number of halogens is 1. The number of rotatable bonds is 4. The zero-order chi connectivity index (χ0) is 12.3. The smallest absolute Gasteiger partial charge is 0.123 e. The predicted molar refractivity (Wildman–Crippen MR) is 70.0 cm³/mol. The molecule has 2 nitrogen and oxygen atoms in total. The van der Waals surface area contributed by atoms with Crippen molar-refractivity contribution in [2.24, 2.45) is 0 Å². The first kappa shape index (κ1) is 12.4. The van der Waals surface area contributed by atoms with Crippen molar-refractivity contribution in [3.63, 3.8) is 0 Å². The summed E-state index contributed by atoms with van der Waals surface area (Å²) in [6.07, 6.45) is 2.35. The lowest BCUT2D eigenvalue weighted by molar-refractivity contribution is 0.549. The van der Waals surface area contributed by atoms with Crippen LogP contribution in [-0.4, -0.2) is 25.7 Å². The van der Waals surface area contributed by atoms with Crippen molar-refractivity contribution < 1.29 is 4.39 Å². The van der Waals surface area contributed by atoms with Gasteiger partial charge in [0.05, 0.1) is 0 Å². The molecule has 1 unspecified atom stereocenters. The Morgan fingerprint density at radius 2 is 2.29 bits per heavy atom. The molecular weight excluding hydrogens is 215 g/mol. The highest BCUT2D eigenvalue weighted by molar-refractivity contribution is 5.54. The standard InChI is InChI=1S/C14H21FN2/c1-3-7-16-13-6-8-17(10-13)14-5-4-12(15)9-11(14)2/h4-5,9,13,16H,3,6-8,10H2,1-2H3. The van der Waals surface area contributed by atoms with Gasteiger partial charge in [-0.05, 0) is 50.1 Å². The molecule has 1 aromatic rings. The molecule has 0 bridgehead atoms. The van der Waals surface area contributed by atoms with Gasteiger partial charge in [-0.3, -0.25) is 0 Å². The normalized spacial score (nSPS) is 19.9. The summed E-state index contributed by atoms with van der Waals surface area (Å²) in [4.78, 5) is 2.35. The van der Waals surface area contributed by atoms with Gasteiger partial charge in [0.1, 0.15) is 5.82 Å². The zero-order valence-electron chi connectivity index (χ0n) is 10.7. The van der Waals surface area contributed by atoms with Crippen LogP contribution in [0.1, 0.15) is 25.3 Å². The van der Waals surface area contributed by atoms with Gasteiger partial charge in [-0.15, -0.1) is 0 Å². The van der Waals surface area contributed by atoms with E-state index in [4.69, 9.17) is 0 Å². The van der Waals surface area contributed by atoms with E-state index in [1.54, 1.807) is 12.1 Å². The van der Waals surface area contributed by atoms with Crippen LogP contribution in [0.15, 0.2) is 18.2 Å². The van der Waals surface area contributed by atoms with Gasteiger partial charge in [-0.2, -0.15) is 0 Å². The third-order valence-corrected chi connectivity index (χ3v) is 3.37. The zero-order valence-corrected chi connectivity index (χ0v) is 10.7. The molecule has 1 aliphatic heterocycles. The maximum absolute atomic E-state index is 13.0. The van der Waals surface area contributed by atoms with Crippen molar-refractivity contribution in [2.45, 2.75) is 32.7 Å². The van der Waals surface area contributed by atoms with Crippen molar-refractivity contribution in [1.29, 1.82) is 0 Å². The van der Waals surface area contributed by atoms with Crippen molar-refractivity contribution in [3.05, 3.63) is 29.6 Å². The number of hydrogen-bond donors (Lipinski definition) is 1. The largest absolute Gasteiger partial charge is 0.370 e. The summed E-state index contributed by atoms with van der Waals surface area (Å²) in [5.41, 5.74) is 2.20. The molecule has 3 heteroatoms. The third kappa shape index (κ3) is 2.97. The predicted octanol–water partition coefficient (Wildman–Crippen LogP) is 2.71. The van der Waals surface area contributed by atoms with E-state index in [1.165, 1.54) is 18.5 Å². The summed E-state index contributed by atoms with van der Waals surface area (Å²) < 4.78 is 13.0. The highest BCUT2D eigenvalue weighted by Gasteiger charge is 2.22. The van der Waals surface area contributed by atoms with Gasteiger partial charge < -0.3 is 10.2 Å². The van der Waals surface area contributed by atoms with Crippen molar-refractivity contribution in [2.75, 3.05) is 24.5 Å². The second-order valence-electron chi connectivity index (χ2n) is 4.82. The Hall–Kier alpha value is -1.09. The van der Waals surface area contributed by atoms with Gasteiger partial charge in [0.2, 0.25) is 0 Å². The maximum Gasteiger partial charge on any atom is 0.123 e. The minimum atomic E-state index is -0.147. The fourth-order valence-corrected chi connectivity index (χ4v) is 2.47. The molecule has 1 fully saturated rings. The lowest BCUT2D eigenvalue weighted by Crippen LogP contribution is -2.33. The van der Waals surface area contributed by atoms with E-state index in [0.29, 0.717) is 6.04 Å². The molecular formula is C14H21FN2. The highest BCUT2D eigenvalue weighted by Crippen LogP contribution is 2.24. The lowest BCUT2D eigenvalue weighted by atomic mass is 10.2. The van der Waals surface area contributed by atoms with E-state index in [-0.39, 0.29) is 5.82 Å². The lowest BCUT2D eigenvalue weighted by Gasteiger charge is -2.21. The molecule has 1 atom stereocenters. The number of anilines is 1. The van der Waals surface area contributed by atoms with Crippen LogP contribution in [0.5, 0.6) is 0 Å². The minimum Gasteiger partial charge on any atom is -0.370 e. The Bertz CT molecular complexity index is 378. The number of nitrogens with one attached hydrogen (secondary N) is 1. The van der Waals surface area contributed by atoms with Gasteiger partial charge in [-0.25, -0.2) is 4.39 Å². The summed E-state index contributed by atoms with van der Waals surface area (Å²) in [7, 11) is 0. The first-order valence-electron chi connectivity index (χ1n) is 6.45. The molecule has 0 aromatic heterocycles. The molecule has 0 saturated carbocycles. The van der Waals surface area contributed by atoms with Crippen molar-refractivity contribution in [1.82, 2.24) is 5.32 Å². The van der Waals surface area contributed by atoms with Gasteiger partial charge in [0, 0.05) is 24.8 Å². The molecule has 17 heavy (non-hydrogen) atoms. The summed E-state index contributed by atoms with van der Waals surface area (Å²) in [6, 6.07) is 5.64. The Morgan fingerprint density at radius 1 is 1.47 bits per heavy atom. The molecule has 1 aliphatic rings. The van der Waals surface area contributed by atoms with Gasteiger partial charge in [0.25, 0.3) is 0 Å². The van der Waals surface area contributed by atoms with E-state index in [9.17, 15) is 4.39 Å². The van der Waals surface area contributed by atoms with Crippen LogP contribution in [-0.2, 0) is 0 Å². The quantitative estimate of drug-likeness (QED) is 0.864. The molecule has 94 valence electrons. The van der Waals surface area contributed by atoms with Gasteiger partial charge >= 0.3 is 0 Å². The summed E-state index contributed by atoms with van der Waals surface area (Å²) in [5, 5.41) is 3.55. The number of aryl methyl sites for hydroxylation is 1. The molecule has 1 heterocycles.